The van der Waals surface area contributed by atoms with Gasteiger partial charge in [-0.3, -0.25) is 4.79 Å². The second-order valence-corrected chi connectivity index (χ2v) is 7.71. The number of hydrogen-bond donors (Lipinski definition) is 2. The highest BCUT2D eigenvalue weighted by atomic mass is 79.9. The molecule has 0 aliphatic heterocycles. The molecule has 1 fully saturated rings. The van der Waals surface area contributed by atoms with E-state index >= 15 is 0 Å². The summed E-state index contributed by atoms with van der Waals surface area (Å²) in [6.07, 6.45) is 4.68. The summed E-state index contributed by atoms with van der Waals surface area (Å²) in [5, 5.41) is 3.16. The average molecular weight is 390 g/mol. The van der Waals surface area contributed by atoms with Gasteiger partial charge in [-0.25, -0.2) is 0 Å². The SMILES string of the molecule is CC(C)(Cc1ccc(Br)cc1)NC(=O)C[C@@H]1CCC[C@H]1N.Cl. The quantitative estimate of drug-likeness (QED) is 0.804. The average Bonchev–Trinajstić information content (AvgIpc) is 2.77. The molecule has 0 unspecified atom stereocenters. The Morgan fingerprint density at radius 1 is 1.32 bits per heavy atom. The monoisotopic (exact) mass is 388 g/mol. The van der Waals surface area contributed by atoms with Gasteiger partial charge in [-0.1, -0.05) is 34.5 Å². The van der Waals surface area contributed by atoms with Crippen molar-refractivity contribution in [2.45, 2.75) is 57.5 Å². The van der Waals surface area contributed by atoms with Crippen LogP contribution in [-0.2, 0) is 11.2 Å². The number of halogens is 2. The van der Waals surface area contributed by atoms with E-state index in [1.807, 2.05) is 12.1 Å². The summed E-state index contributed by atoms with van der Waals surface area (Å²) in [6.45, 7) is 4.14. The molecule has 0 radical (unpaired) electrons. The number of nitrogens with one attached hydrogen (secondary N) is 1. The van der Waals surface area contributed by atoms with Crippen LogP contribution in [-0.4, -0.2) is 17.5 Å². The van der Waals surface area contributed by atoms with Crippen LogP contribution in [0, 0.1) is 5.92 Å². The lowest BCUT2D eigenvalue weighted by Gasteiger charge is -2.27. The van der Waals surface area contributed by atoms with E-state index in [1.165, 1.54) is 5.56 Å². The molecule has 0 bridgehead atoms. The zero-order valence-corrected chi connectivity index (χ0v) is 15.7. The van der Waals surface area contributed by atoms with Crippen LogP contribution in [0.5, 0.6) is 0 Å². The van der Waals surface area contributed by atoms with Crippen molar-refractivity contribution in [2.75, 3.05) is 0 Å². The van der Waals surface area contributed by atoms with E-state index in [-0.39, 0.29) is 29.9 Å². The summed E-state index contributed by atoms with van der Waals surface area (Å²) in [6, 6.07) is 8.44. The predicted molar refractivity (Wildman–Crippen MR) is 97.2 cm³/mol. The van der Waals surface area contributed by atoms with Crippen molar-refractivity contribution in [1.82, 2.24) is 5.32 Å². The predicted octanol–water partition coefficient (Wildman–Crippen LogP) is 3.83. The van der Waals surface area contributed by atoms with Crippen LogP contribution in [0.1, 0.15) is 45.1 Å². The maximum atomic E-state index is 12.2. The lowest BCUT2D eigenvalue weighted by Crippen LogP contribution is -2.46. The number of nitrogens with two attached hydrogens (primary N) is 1. The molecule has 0 spiro atoms. The molecule has 0 heterocycles. The second kappa shape index (κ2) is 8.32. The number of benzene rings is 1. The van der Waals surface area contributed by atoms with Gasteiger partial charge in [0.2, 0.25) is 5.91 Å². The Bertz CT molecular complexity index is 490. The van der Waals surface area contributed by atoms with Crippen molar-refractivity contribution < 1.29 is 4.79 Å². The Hall–Kier alpha value is -0.580. The molecular weight excluding hydrogens is 364 g/mol. The lowest BCUT2D eigenvalue weighted by atomic mass is 9.93. The van der Waals surface area contributed by atoms with Gasteiger partial charge in [0.25, 0.3) is 0 Å². The Morgan fingerprint density at radius 2 is 1.95 bits per heavy atom. The van der Waals surface area contributed by atoms with Crippen molar-refractivity contribution in [1.29, 1.82) is 0 Å². The summed E-state index contributed by atoms with van der Waals surface area (Å²) in [7, 11) is 0. The van der Waals surface area contributed by atoms with Gasteiger partial charge in [0.15, 0.2) is 0 Å². The van der Waals surface area contributed by atoms with Crippen LogP contribution in [0.15, 0.2) is 28.7 Å². The fraction of sp³-hybridized carbons (Fsp3) is 0.588. The van der Waals surface area contributed by atoms with Gasteiger partial charge in [0, 0.05) is 22.5 Å². The highest BCUT2D eigenvalue weighted by Gasteiger charge is 2.28. The Balaban J connectivity index is 0.00000242. The third-order valence-corrected chi connectivity index (χ3v) is 4.73. The topological polar surface area (TPSA) is 55.1 Å². The van der Waals surface area contributed by atoms with Crippen molar-refractivity contribution in [3.63, 3.8) is 0 Å². The van der Waals surface area contributed by atoms with Crippen LogP contribution in [0.4, 0.5) is 0 Å². The number of rotatable bonds is 5. The molecule has 1 aliphatic carbocycles. The fourth-order valence-electron chi connectivity index (χ4n) is 3.14. The molecule has 2 rings (SSSR count). The summed E-state index contributed by atoms with van der Waals surface area (Å²) >= 11 is 3.44. The first-order chi connectivity index (χ1) is 9.85. The maximum absolute atomic E-state index is 12.2. The molecule has 0 saturated heterocycles. The van der Waals surface area contributed by atoms with Crippen molar-refractivity contribution in [2.24, 2.45) is 11.7 Å². The van der Waals surface area contributed by atoms with Gasteiger partial charge in [0.1, 0.15) is 0 Å². The summed E-state index contributed by atoms with van der Waals surface area (Å²) in [4.78, 5) is 12.2. The molecule has 1 aromatic rings. The van der Waals surface area contributed by atoms with Gasteiger partial charge in [0.05, 0.1) is 0 Å². The van der Waals surface area contributed by atoms with Crippen LogP contribution in [0.25, 0.3) is 0 Å². The van der Waals surface area contributed by atoms with Gasteiger partial charge in [-0.2, -0.15) is 0 Å². The van der Waals surface area contributed by atoms with Gasteiger partial charge >= 0.3 is 0 Å². The van der Waals surface area contributed by atoms with E-state index in [2.05, 4.69) is 47.2 Å². The molecule has 1 aromatic carbocycles. The summed E-state index contributed by atoms with van der Waals surface area (Å²) in [5.74, 6) is 0.480. The highest BCUT2D eigenvalue weighted by Crippen LogP contribution is 2.27. The number of hydrogen-bond acceptors (Lipinski definition) is 2. The lowest BCUT2D eigenvalue weighted by molar-refractivity contribution is -0.123. The van der Waals surface area contributed by atoms with Crippen LogP contribution in [0.2, 0.25) is 0 Å². The number of carbonyl (C=O) groups is 1. The van der Waals surface area contributed by atoms with Crippen molar-refractivity contribution >= 4 is 34.2 Å². The molecule has 3 nitrogen and oxygen atoms in total. The molecule has 1 aliphatic rings. The summed E-state index contributed by atoms with van der Waals surface area (Å²) in [5.41, 5.74) is 7.03. The highest BCUT2D eigenvalue weighted by molar-refractivity contribution is 9.10. The maximum Gasteiger partial charge on any atom is 0.220 e. The van der Waals surface area contributed by atoms with E-state index < -0.39 is 0 Å². The zero-order chi connectivity index (χ0) is 15.5. The van der Waals surface area contributed by atoms with Crippen LogP contribution < -0.4 is 11.1 Å². The molecule has 0 aromatic heterocycles. The van der Waals surface area contributed by atoms with Crippen LogP contribution in [0.3, 0.4) is 0 Å². The first kappa shape index (κ1) is 19.5. The van der Waals surface area contributed by atoms with Crippen LogP contribution >= 0.6 is 28.3 Å². The van der Waals surface area contributed by atoms with Gasteiger partial charge in [-0.05, 0) is 56.7 Å². The summed E-state index contributed by atoms with van der Waals surface area (Å²) < 4.78 is 1.07. The third kappa shape index (κ3) is 5.90. The van der Waals surface area contributed by atoms with E-state index in [0.29, 0.717) is 12.3 Å². The zero-order valence-electron chi connectivity index (χ0n) is 13.3. The molecular formula is C17H26BrClN2O. The largest absolute Gasteiger partial charge is 0.351 e. The molecule has 2 atom stereocenters. The van der Waals surface area contributed by atoms with E-state index in [9.17, 15) is 4.79 Å². The van der Waals surface area contributed by atoms with Crippen molar-refractivity contribution in [3.05, 3.63) is 34.3 Å². The first-order valence-corrected chi connectivity index (χ1v) is 8.46. The normalized spacial score (nSPS) is 21.3. The molecule has 124 valence electrons. The Morgan fingerprint density at radius 3 is 2.50 bits per heavy atom. The van der Waals surface area contributed by atoms with E-state index in [0.717, 1.165) is 30.2 Å². The Labute approximate surface area is 148 Å². The smallest absolute Gasteiger partial charge is 0.220 e. The third-order valence-electron chi connectivity index (χ3n) is 4.20. The molecule has 3 N–H and O–H groups in total. The molecule has 22 heavy (non-hydrogen) atoms. The first-order valence-electron chi connectivity index (χ1n) is 7.67. The molecule has 1 saturated carbocycles. The minimum absolute atomic E-state index is 0. The minimum Gasteiger partial charge on any atom is -0.351 e. The van der Waals surface area contributed by atoms with Crippen molar-refractivity contribution in [3.8, 4) is 0 Å². The Kier molecular flexibility index (Phi) is 7.36. The molecule has 1 amide bonds. The standard InChI is InChI=1S/C17H25BrN2O.ClH/c1-17(2,11-12-6-8-14(18)9-7-12)20-16(21)10-13-4-3-5-15(13)19;/h6-9,13,15H,3-5,10-11,19H2,1-2H3,(H,20,21);1H/t13-,15+;/m0./s1. The van der Waals surface area contributed by atoms with Gasteiger partial charge < -0.3 is 11.1 Å². The van der Waals surface area contributed by atoms with E-state index in [1.54, 1.807) is 0 Å². The minimum atomic E-state index is -0.242. The molecule has 5 heteroatoms. The second-order valence-electron chi connectivity index (χ2n) is 6.79. The number of amides is 1. The van der Waals surface area contributed by atoms with E-state index in [4.69, 9.17) is 5.73 Å². The fourth-order valence-corrected chi connectivity index (χ4v) is 3.41. The van der Waals surface area contributed by atoms with Gasteiger partial charge in [-0.15, -0.1) is 12.4 Å². The number of carbonyl (C=O) groups excluding carboxylic acids is 1.